The Morgan fingerprint density at radius 2 is 2.25 bits per heavy atom. The van der Waals surface area contributed by atoms with Gasteiger partial charge in [-0.3, -0.25) is 4.79 Å². The number of amides is 1. The molecule has 1 aliphatic heterocycles. The molecule has 1 aromatic rings. The van der Waals surface area contributed by atoms with E-state index in [-0.39, 0.29) is 18.3 Å². The normalized spacial score (nSPS) is 20.4. The van der Waals surface area contributed by atoms with Gasteiger partial charge in [0.15, 0.2) is 0 Å². The van der Waals surface area contributed by atoms with Crippen molar-refractivity contribution in [2.24, 2.45) is 0 Å². The van der Waals surface area contributed by atoms with Crippen molar-refractivity contribution in [2.45, 2.75) is 19.9 Å². The van der Waals surface area contributed by atoms with Crippen LogP contribution in [-0.2, 0) is 0 Å². The van der Waals surface area contributed by atoms with E-state index >= 15 is 0 Å². The molecule has 1 saturated heterocycles. The van der Waals surface area contributed by atoms with Crippen LogP contribution in [0.1, 0.15) is 22.8 Å². The summed E-state index contributed by atoms with van der Waals surface area (Å²) < 4.78 is 0. The highest BCUT2D eigenvalue weighted by atomic mass is 35.5. The summed E-state index contributed by atoms with van der Waals surface area (Å²) in [5.41, 5.74) is 1.82. The Hall–Kier alpha value is -1.00. The lowest BCUT2D eigenvalue weighted by Crippen LogP contribution is -2.51. The van der Waals surface area contributed by atoms with E-state index in [9.17, 15) is 4.79 Å². The minimum absolute atomic E-state index is 0. The highest BCUT2D eigenvalue weighted by molar-refractivity contribution is 5.95. The molecule has 90 valence electrons. The van der Waals surface area contributed by atoms with Crippen LogP contribution in [0.4, 0.5) is 0 Å². The van der Waals surface area contributed by atoms with Gasteiger partial charge in [-0.2, -0.15) is 0 Å². The van der Waals surface area contributed by atoms with Crippen LogP contribution >= 0.6 is 12.4 Å². The van der Waals surface area contributed by atoms with Crippen molar-refractivity contribution in [3.05, 3.63) is 23.5 Å². The standard InChI is InChI=1S/C11H17N3O.ClH/c1-8-5-12-6-10(8)11(15)14-4-3-13-9(2)7-14;/h5-6,9,12-13H,3-4,7H2,1-2H3;1H. The molecule has 0 saturated carbocycles. The summed E-state index contributed by atoms with van der Waals surface area (Å²) in [6.07, 6.45) is 3.64. The number of halogens is 1. The molecule has 1 aromatic heterocycles. The molecule has 1 aliphatic rings. The van der Waals surface area contributed by atoms with E-state index in [1.54, 1.807) is 6.20 Å². The fourth-order valence-corrected chi connectivity index (χ4v) is 1.96. The predicted molar refractivity (Wildman–Crippen MR) is 66.1 cm³/mol. The highest BCUT2D eigenvalue weighted by Crippen LogP contribution is 2.11. The van der Waals surface area contributed by atoms with Crippen molar-refractivity contribution < 1.29 is 4.79 Å². The molecular weight excluding hydrogens is 226 g/mol. The Kier molecular flexibility index (Phi) is 4.38. The van der Waals surface area contributed by atoms with Crippen LogP contribution in [0.2, 0.25) is 0 Å². The van der Waals surface area contributed by atoms with E-state index in [0.29, 0.717) is 6.04 Å². The lowest BCUT2D eigenvalue weighted by molar-refractivity contribution is 0.0708. The maximum atomic E-state index is 12.1. The van der Waals surface area contributed by atoms with Crippen molar-refractivity contribution in [3.8, 4) is 0 Å². The summed E-state index contributed by atoms with van der Waals surface area (Å²) in [5.74, 6) is 0.141. The van der Waals surface area contributed by atoms with E-state index in [1.165, 1.54) is 0 Å². The number of hydrogen-bond donors (Lipinski definition) is 2. The van der Waals surface area contributed by atoms with Gasteiger partial charge < -0.3 is 15.2 Å². The zero-order chi connectivity index (χ0) is 10.8. The Balaban J connectivity index is 0.00000128. The summed E-state index contributed by atoms with van der Waals surface area (Å²) in [5, 5.41) is 3.33. The number of hydrogen-bond acceptors (Lipinski definition) is 2. The molecule has 0 spiro atoms. The smallest absolute Gasteiger partial charge is 0.255 e. The first kappa shape index (κ1) is 13.1. The Morgan fingerprint density at radius 1 is 1.50 bits per heavy atom. The quantitative estimate of drug-likeness (QED) is 0.778. The average molecular weight is 244 g/mol. The number of rotatable bonds is 1. The minimum atomic E-state index is 0. The van der Waals surface area contributed by atoms with Crippen molar-refractivity contribution >= 4 is 18.3 Å². The molecule has 0 aliphatic carbocycles. The molecule has 1 fully saturated rings. The average Bonchev–Trinajstić information content (AvgIpc) is 2.63. The summed E-state index contributed by atoms with van der Waals surface area (Å²) >= 11 is 0. The van der Waals surface area contributed by atoms with Crippen LogP contribution in [0.15, 0.2) is 12.4 Å². The van der Waals surface area contributed by atoms with Crippen molar-refractivity contribution in [3.63, 3.8) is 0 Å². The molecule has 2 N–H and O–H groups in total. The molecule has 0 bridgehead atoms. The van der Waals surface area contributed by atoms with E-state index in [4.69, 9.17) is 0 Å². The van der Waals surface area contributed by atoms with Crippen LogP contribution in [0, 0.1) is 6.92 Å². The van der Waals surface area contributed by atoms with Gasteiger partial charge in [-0.15, -0.1) is 12.4 Å². The molecule has 2 heterocycles. The third kappa shape index (κ3) is 2.57. The molecule has 1 atom stereocenters. The number of aryl methyl sites for hydroxylation is 1. The second kappa shape index (κ2) is 5.37. The molecule has 4 nitrogen and oxygen atoms in total. The molecule has 5 heteroatoms. The van der Waals surface area contributed by atoms with Gasteiger partial charge in [-0.05, 0) is 19.4 Å². The van der Waals surface area contributed by atoms with E-state index < -0.39 is 0 Å². The number of H-pyrrole nitrogens is 1. The van der Waals surface area contributed by atoms with Crippen LogP contribution in [0.5, 0.6) is 0 Å². The van der Waals surface area contributed by atoms with Gasteiger partial charge in [-0.25, -0.2) is 0 Å². The zero-order valence-corrected chi connectivity index (χ0v) is 10.4. The van der Waals surface area contributed by atoms with E-state index in [0.717, 1.165) is 30.8 Å². The van der Waals surface area contributed by atoms with Gasteiger partial charge in [0.2, 0.25) is 0 Å². The Bertz CT molecular complexity index is 364. The molecule has 0 aromatic carbocycles. The van der Waals surface area contributed by atoms with Crippen molar-refractivity contribution in [2.75, 3.05) is 19.6 Å². The lowest BCUT2D eigenvalue weighted by Gasteiger charge is -2.31. The zero-order valence-electron chi connectivity index (χ0n) is 9.62. The summed E-state index contributed by atoms with van der Waals surface area (Å²) in [6, 6.07) is 0.391. The summed E-state index contributed by atoms with van der Waals surface area (Å²) in [4.78, 5) is 17.0. The van der Waals surface area contributed by atoms with E-state index in [1.807, 2.05) is 18.0 Å². The maximum Gasteiger partial charge on any atom is 0.255 e. The van der Waals surface area contributed by atoms with Crippen LogP contribution in [0.25, 0.3) is 0 Å². The number of carbonyl (C=O) groups excluding carboxylic acids is 1. The SMILES string of the molecule is Cc1c[nH]cc1C(=O)N1CCNC(C)C1.Cl. The van der Waals surface area contributed by atoms with Crippen LogP contribution in [0.3, 0.4) is 0 Å². The van der Waals surface area contributed by atoms with Gasteiger partial charge in [0, 0.05) is 38.1 Å². The van der Waals surface area contributed by atoms with Gasteiger partial charge >= 0.3 is 0 Å². The molecule has 16 heavy (non-hydrogen) atoms. The lowest BCUT2D eigenvalue weighted by atomic mass is 10.1. The first-order valence-corrected chi connectivity index (χ1v) is 5.34. The number of nitrogens with zero attached hydrogens (tertiary/aromatic N) is 1. The number of carbonyl (C=O) groups is 1. The van der Waals surface area contributed by atoms with Crippen LogP contribution < -0.4 is 5.32 Å². The van der Waals surface area contributed by atoms with Crippen molar-refractivity contribution in [1.29, 1.82) is 0 Å². The first-order chi connectivity index (χ1) is 7.18. The van der Waals surface area contributed by atoms with Crippen molar-refractivity contribution in [1.82, 2.24) is 15.2 Å². The van der Waals surface area contributed by atoms with Gasteiger partial charge in [0.05, 0.1) is 5.56 Å². The fraction of sp³-hybridized carbons (Fsp3) is 0.545. The monoisotopic (exact) mass is 243 g/mol. The number of aromatic nitrogens is 1. The van der Waals surface area contributed by atoms with E-state index in [2.05, 4.69) is 17.2 Å². The second-order valence-electron chi connectivity index (χ2n) is 4.16. The maximum absolute atomic E-state index is 12.1. The van der Waals surface area contributed by atoms with Crippen LogP contribution in [-0.4, -0.2) is 41.5 Å². The fourth-order valence-electron chi connectivity index (χ4n) is 1.96. The second-order valence-corrected chi connectivity index (χ2v) is 4.16. The van der Waals surface area contributed by atoms with Gasteiger partial charge in [-0.1, -0.05) is 0 Å². The first-order valence-electron chi connectivity index (χ1n) is 5.34. The third-order valence-electron chi connectivity index (χ3n) is 2.84. The third-order valence-corrected chi connectivity index (χ3v) is 2.84. The number of nitrogens with one attached hydrogen (secondary N) is 2. The highest BCUT2D eigenvalue weighted by Gasteiger charge is 2.22. The summed E-state index contributed by atoms with van der Waals surface area (Å²) in [6.45, 7) is 6.53. The number of aromatic amines is 1. The largest absolute Gasteiger partial charge is 0.367 e. The molecule has 0 radical (unpaired) electrons. The molecular formula is C11H18ClN3O. The van der Waals surface area contributed by atoms with Gasteiger partial charge in [0.25, 0.3) is 5.91 Å². The molecule has 1 amide bonds. The predicted octanol–water partition coefficient (Wildman–Crippen LogP) is 1.18. The Labute approximate surface area is 102 Å². The summed E-state index contributed by atoms with van der Waals surface area (Å²) in [7, 11) is 0. The minimum Gasteiger partial charge on any atom is -0.367 e. The Morgan fingerprint density at radius 3 is 2.81 bits per heavy atom. The topological polar surface area (TPSA) is 48.1 Å². The van der Waals surface area contributed by atoms with Gasteiger partial charge in [0.1, 0.15) is 0 Å². The molecule has 1 unspecified atom stereocenters. The molecule has 2 rings (SSSR count). The number of piperazine rings is 1.